The second kappa shape index (κ2) is 6.10. The van der Waals surface area contributed by atoms with E-state index in [0.29, 0.717) is 5.69 Å². The summed E-state index contributed by atoms with van der Waals surface area (Å²) in [7, 11) is 1.74. The SMILES string of the molecule is CCc1ccc(N(C)C(=O)Nc2ccc(N)cc2)cc1. The Morgan fingerprint density at radius 2 is 1.70 bits per heavy atom. The monoisotopic (exact) mass is 269 g/mol. The van der Waals surface area contributed by atoms with Crippen molar-refractivity contribution in [3.05, 3.63) is 54.1 Å². The highest BCUT2D eigenvalue weighted by molar-refractivity contribution is 6.01. The third kappa shape index (κ3) is 3.29. The molecule has 2 aromatic rings. The van der Waals surface area contributed by atoms with Gasteiger partial charge in [-0.15, -0.1) is 0 Å². The van der Waals surface area contributed by atoms with Gasteiger partial charge in [0.05, 0.1) is 0 Å². The largest absolute Gasteiger partial charge is 0.399 e. The molecule has 0 saturated carbocycles. The second-order valence-corrected chi connectivity index (χ2v) is 4.63. The van der Waals surface area contributed by atoms with Crippen molar-refractivity contribution in [3.8, 4) is 0 Å². The summed E-state index contributed by atoms with van der Waals surface area (Å²) in [5.41, 5.74) is 9.12. The first-order valence-corrected chi connectivity index (χ1v) is 6.59. The molecule has 0 heterocycles. The predicted molar refractivity (Wildman–Crippen MR) is 84.1 cm³/mol. The van der Waals surface area contributed by atoms with Crippen molar-refractivity contribution < 1.29 is 4.79 Å². The number of nitrogens with one attached hydrogen (secondary N) is 1. The summed E-state index contributed by atoms with van der Waals surface area (Å²) in [6.45, 7) is 2.10. The fourth-order valence-electron chi connectivity index (χ4n) is 1.85. The first-order valence-electron chi connectivity index (χ1n) is 6.59. The third-order valence-corrected chi connectivity index (χ3v) is 3.20. The molecule has 0 atom stereocenters. The van der Waals surface area contributed by atoms with Crippen molar-refractivity contribution >= 4 is 23.1 Å². The Hall–Kier alpha value is -2.49. The summed E-state index contributed by atoms with van der Waals surface area (Å²) in [5.74, 6) is 0. The minimum atomic E-state index is -0.181. The third-order valence-electron chi connectivity index (χ3n) is 3.20. The van der Waals surface area contributed by atoms with E-state index in [-0.39, 0.29) is 6.03 Å². The Morgan fingerprint density at radius 1 is 1.10 bits per heavy atom. The van der Waals surface area contributed by atoms with E-state index in [1.54, 1.807) is 36.2 Å². The van der Waals surface area contributed by atoms with Crippen LogP contribution >= 0.6 is 0 Å². The summed E-state index contributed by atoms with van der Waals surface area (Å²) in [6.07, 6.45) is 0.988. The van der Waals surface area contributed by atoms with Gasteiger partial charge in [-0.25, -0.2) is 4.79 Å². The lowest BCUT2D eigenvalue weighted by Crippen LogP contribution is -2.31. The molecule has 2 rings (SSSR count). The average Bonchev–Trinajstić information content (AvgIpc) is 2.49. The molecule has 0 aliphatic rings. The second-order valence-electron chi connectivity index (χ2n) is 4.63. The molecule has 0 fully saturated rings. The van der Waals surface area contributed by atoms with Gasteiger partial charge in [0.1, 0.15) is 0 Å². The molecular weight excluding hydrogens is 250 g/mol. The highest BCUT2D eigenvalue weighted by Gasteiger charge is 2.10. The van der Waals surface area contributed by atoms with Crippen LogP contribution in [-0.2, 0) is 6.42 Å². The van der Waals surface area contributed by atoms with Gasteiger partial charge < -0.3 is 11.1 Å². The van der Waals surface area contributed by atoms with Crippen LogP contribution in [0, 0.1) is 0 Å². The molecule has 0 unspecified atom stereocenters. The van der Waals surface area contributed by atoms with Crippen molar-refractivity contribution in [2.24, 2.45) is 0 Å². The molecule has 4 heteroatoms. The summed E-state index contributed by atoms with van der Waals surface area (Å²) >= 11 is 0. The van der Waals surface area contributed by atoms with Gasteiger partial charge in [-0.2, -0.15) is 0 Å². The maximum absolute atomic E-state index is 12.1. The van der Waals surface area contributed by atoms with Crippen LogP contribution in [0.2, 0.25) is 0 Å². The standard InChI is InChI=1S/C16H19N3O/c1-3-12-4-10-15(11-5-12)19(2)16(20)18-14-8-6-13(17)7-9-14/h4-11H,3,17H2,1-2H3,(H,18,20). The first kappa shape index (κ1) is 13.9. The Balaban J connectivity index is 2.05. The summed E-state index contributed by atoms with van der Waals surface area (Å²) in [4.78, 5) is 13.7. The lowest BCUT2D eigenvalue weighted by atomic mass is 10.1. The molecular formula is C16H19N3O. The average molecular weight is 269 g/mol. The van der Waals surface area contributed by atoms with Crippen LogP contribution in [-0.4, -0.2) is 13.1 Å². The van der Waals surface area contributed by atoms with Gasteiger partial charge in [0.2, 0.25) is 0 Å². The van der Waals surface area contributed by atoms with E-state index < -0.39 is 0 Å². The van der Waals surface area contributed by atoms with E-state index in [1.807, 2.05) is 24.3 Å². The maximum Gasteiger partial charge on any atom is 0.326 e. The van der Waals surface area contributed by atoms with Crippen LogP contribution in [0.5, 0.6) is 0 Å². The van der Waals surface area contributed by atoms with Crippen molar-refractivity contribution in [2.45, 2.75) is 13.3 Å². The molecule has 2 amide bonds. The van der Waals surface area contributed by atoms with Crippen molar-refractivity contribution in [2.75, 3.05) is 23.0 Å². The molecule has 0 radical (unpaired) electrons. The van der Waals surface area contributed by atoms with E-state index in [0.717, 1.165) is 17.8 Å². The van der Waals surface area contributed by atoms with Gasteiger partial charge in [-0.05, 0) is 48.4 Å². The minimum absolute atomic E-state index is 0.181. The first-order chi connectivity index (χ1) is 9.60. The van der Waals surface area contributed by atoms with Gasteiger partial charge in [0.25, 0.3) is 0 Å². The van der Waals surface area contributed by atoms with Crippen LogP contribution in [0.25, 0.3) is 0 Å². The topological polar surface area (TPSA) is 58.4 Å². The number of benzene rings is 2. The number of amides is 2. The Morgan fingerprint density at radius 3 is 2.25 bits per heavy atom. The predicted octanol–water partition coefficient (Wildman–Crippen LogP) is 3.50. The Kier molecular flexibility index (Phi) is 4.25. The van der Waals surface area contributed by atoms with E-state index in [4.69, 9.17) is 5.73 Å². The summed E-state index contributed by atoms with van der Waals surface area (Å²) < 4.78 is 0. The number of nitrogen functional groups attached to an aromatic ring is 1. The summed E-state index contributed by atoms with van der Waals surface area (Å²) in [6, 6.07) is 14.8. The van der Waals surface area contributed by atoms with Crippen LogP contribution in [0.4, 0.5) is 21.9 Å². The quantitative estimate of drug-likeness (QED) is 0.838. The molecule has 104 valence electrons. The van der Waals surface area contributed by atoms with E-state index in [2.05, 4.69) is 12.2 Å². The molecule has 0 bridgehead atoms. The Bertz CT molecular complexity index is 576. The van der Waals surface area contributed by atoms with Crippen molar-refractivity contribution in [1.29, 1.82) is 0 Å². The molecule has 0 aliphatic carbocycles. The molecule has 2 aromatic carbocycles. The number of carbonyl (C=O) groups excluding carboxylic acids is 1. The normalized spacial score (nSPS) is 10.1. The number of nitrogens with two attached hydrogens (primary N) is 1. The fourth-order valence-corrected chi connectivity index (χ4v) is 1.85. The number of urea groups is 1. The Labute approximate surface area is 119 Å². The van der Waals surface area contributed by atoms with Gasteiger partial charge in [-0.3, -0.25) is 4.90 Å². The van der Waals surface area contributed by atoms with E-state index in [1.165, 1.54) is 5.56 Å². The lowest BCUT2D eigenvalue weighted by Gasteiger charge is -2.18. The zero-order valence-electron chi connectivity index (χ0n) is 11.8. The zero-order valence-corrected chi connectivity index (χ0v) is 11.8. The van der Waals surface area contributed by atoms with Gasteiger partial charge >= 0.3 is 6.03 Å². The molecule has 20 heavy (non-hydrogen) atoms. The van der Waals surface area contributed by atoms with Crippen LogP contribution in [0.1, 0.15) is 12.5 Å². The number of hydrogen-bond acceptors (Lipinski definition) is 2. The number of anilines is 3. The van der Waals surface area contributed by atoms with Crippen LogP contribution < -0.4 is 16.0 Å². The van der Waals surface area contributed by atoms with Crippen LogP contribution in [0.15, 0.2) is 48.5 Å². The lowest BCUT2D eigenvalue weighted by molar-refractivity contribution is 0.258. The minimum Gasteiger partial charge on any atom is -0.399 e. The van der Waals surface area contributed by atoms with Gasteiger partial charge in [0, 0.05) is 24.1 Å². The molecule has 3 N–H and O–H groups in total. The van der Waals surface area contributed by atoms with E-state index in [9.17, 15) is 4.79 Å². The van der Waals surface area contributed by atoms with Crippen molar-refractivity contribution in [1.82, 2.24) is 0 Å². The van der Waals surface area contributed by atoms with Gasteiger partial charge in [-0.1, -0.05) is 19.1 Å². The fraction of sp³-hybridized carbons (Fsp3) is 0.188. The van der Waals surface area contributed by atoms with Crippen LogP contribution in [0.3, 0.4) is 0 Å². The number of aryl methyl sites for hydroxylation is 1. The number of rotatable bonds is 3. The molecule has 0 spiro atoms. The molecule has 4 nitrogen and oxygen atoms in total. The highest BCUT2D eigenvalue weighted by atomic mass is 16.2. The summed E-state index contributed by atoms with van der Waals surface area (Å²) in [5, 5.41) is 2.83. The number of nitrogens with zero attached hydrogens (tertiary/aromatic N) is 1. The van der Waals surface area contributed by atoms with E-state index >= 15 is 0 Å². The molecule has 0 aliphatic heterocycles. The molecule has 0 aromatic heterocycles. The highest BCUT2D eigenvalue weighted by Crippen LogP contribution is 2.16. The number of carbonyl (C=O) groups is 1. The zero-order chi connectivity index (χ0) is 14.5. The molecule has 0 saturated heterocycles. The number of hydrogen-bond donors (Lipinski definition) is 2. The van der Waals surface area contributed by atoms with Gasteiger partial charge in [0.15, 0.2) is 0 Å². The smallest absolute Gasteiger partial charge is 0.326 e. The maximum atomic E-state index is 12.1. The van der Waals surface area contributed by atoms with Crippen molar-refractivity contribution in [3.63, 3.8) is 0 Å².